The lowest BCUT2D eigenvalue weighted by Gasteiger charge is -2.34. The number of rotatable bonds is 6. The molecule has 1 amide bonds. The first-order valence-electron chi connectivity index (χ1n) is 9.53. The topological polar surface area (TPSA) is 48.5 Å². The van der Waals surface area contributed by atoms with Gasteiger partial charge in [0, 0.05) is 50.3 Å². The van der Waals surface area contributed by atoms with Crippen LogP contribution in [0.1, 0.15) is 21.6 Å². The number of hydrogen-bond acceptors (Lipinski definition) is 5. The monoisotopic (exact) mass is 392 g/mol. The zero-order valence-electron chi connectivity index (χ0n) is 15.8. The first-order chi connectivity index (χ1) is 13.8. The van der Waals surface area contributed by atoms with E-state index in [1.807, 2.05) is 12.1 Å². The SMILES string of the molecule is O=C(Nc1ccc(CN2CCN(Cc3ccccc3)CC2)cc1)c1cscn1. The van der Waals surface area contributed by atoms with Crippen molar-refractivity contribution in [1.82, 2.24) is 14.8 Å². The van der Waals surface area contributed by atoms with E-state index in [1.54, 1.807) is 10.9 Å². The highest BCUT2D eigenvalue weighted by atomic mass is 32.1. The third-order valence-corrected chi connectivity index (χ3v) is 5.58. The van der Waals surface area contributed by atoms with Crippen LogP contribution in [0.25, 0.3) is 0 Å². The fraction of sp³-hybridized carbons (Fsp3) is 0.273. The molecule has 2 heterocycles. The number of carbonyl (C=O) groups excluding carboxylic acids is 1. The van der Waals surface area contributed by atoms with Gasteiger partial charge in [-0.25, -0.2) is 4.98 Å². The van der Waals surface area contributed by atoms with Crippen LogP contribution >= 0.6 is 11.3 Å². The zero-order valence-corrected chi connectivity index (χ0v) is 16.6. The van der Waals surface area contributed by atoms with Gasteiger partial charge in [0.15, 0.2) is 0 Å². The summed E-state index contributed by atoms with van der Waals surface area (Å²) in [6, 6.07) is 18.8. The van der Waals surface area contributed by atoms with Gasteiger partial charge in [-0.05, 0) is 23.3 Å². The molecule has 28 heavy (non-hydrogen) atoms. The Morgan fingerprint density at radius 1 is 0.893 bits per heavy atom. The molecular formula is C22H24N4OS. The van der Waals surface area contributed by atoms with Crippen LogP contribution in [0.15, 0.2) is 65.5 Å². The number of nitrogens with zero attached hydrogens (tertiary/aromatic N) is 3. The normalized spacial score (nSPS) is 15.4. The lowest BCUT2D eigenvalue weighted by atomic mass is 10.1. The fourth-order valence-electron chi connectivity index (χ4n) is 3.42. The molecule has 1 fully saturated rings. The van der Waals surface area contributed by atoms with Gasteiger partial charge in [-0.1, -0.05) is 42.5 Å². The van der Waals surface area contributed by atoms with E-state index in [4.69, 9.17) is 0 Å². The van der Waals surface area contributed by atoms with Gasteiger partial charge >= 0.3 is 0 Å². The number of hydrogen-bond donors (Lipinski definition) is 1. The summed E-state index contributed by atoms with van der Waals surface area (Å²) in [7, 11) is 0. The molecule has 0 aliphatic carbocycles. The molecule has 1 aliphatic heterocycles. The molecular weight excluding hydrogens is 368 g/mol. The minimum atomic E-state index is -0.163. The summed E-state index contributed by atoms with van der Waals surface area (Å²) in [5.74, 6) is -0.163. The summed E-state index contributed by atoms with van der Waals surface area (Å²) in [6.07, 6.45) is 0. The van der Waals surface area contributed by atoms with Crippen LogP contribution in [-0.4, -0.2) is 46.9 Å². The summed E-state index contributed by atoms with van der Waals surface area (Å²) in [4.78, 5) is 21.1. The van der Waals surface area contributed by atoms with E-state index >= 15 is 0 Å². The highest BCUT2D eigenvalue weighted by Crippen LogP contribution is 2.15. The second-order valence-corrected chi connectivity index (χ2v) is 7.78. The maximum atomic E-state index is 12.1. The van der Waals surface area contributed by atoms with Crippen LogP contribution in [0.2, 0.25) is 0 Å². The van der Waals surface area contributed by atoms with Crippen molar-refractivity contribution in [3.8, 4) is 0 Å². The van der Waals surface area contributed by atoms with Crippen LogP contribution in [0.5, 0.6) is 0 Å². The maximum absolute atomic E-state index is 12.1. The van der Waals surface area contributed by atoms with Crippen LogP contribution < -0.4 is 5.32 Å². The molecule has 5 nitrogen and oxygen atoms in total. The second kappa shape index (κ2) is 9.10. The summed E-state index contributed by atoms with van der Waals surface area (Å²) in [5.41, 5.74) is 5.57. The molecule has 0 bridgehead atoms. The number of carbonyl (C=O) groups is 1. The van der Waals surface area contributed by atoms with E-state index in [2.05, 4.69) is 62.6 Å². The Morgan fingerprint density at radius 3 is 2.07 bits per heavy atom. The molecule has 0 saturated carbocycles. The van der Waals surface area contributed by atoms with Gasteiger partial charge in [0.2, 0.25) is 0 Å². The number of benzene rings is 2. The smallest absolute Gasteiger partial charge is 0.275 e. The number of thiazole rings is 1. The summed E-state index contributed by atoms with van der Waals surface area (Å²) in [6.45, 7) is 6.32. The van der Waals surface area contributed by atoms with Crippen molar-refractivity contribution in [2.45, 2.75) is 13.1 Å². The molecule has 144 valence electrons. The highest BCUT2D eigenvalue weighted by molar-refractivity contribution is 7.07. The number of nitrogens with one attached hydrogen (secondary N) is 1. The second-order valence-electron chi connectivity index (χ2n) is 7.06. The zero-order chi connectivity index (χ0) is 19.2. The molecule has 1 aromatic heterocycles. The van der Waals surface area contributed by atoms with Crippen molar-refractivity contribution >= 4 is 22.9 Å². The third-order valence-electron chi connectivity index (χ3n) is 5.00. The lowest BCUT2D eigenvalue weighted by molar-refractivity contribution is 0.102. The highest BCUT2D eigenvalue weighted by Gasteiger charge is 2.17. The Balaban J connectivity index is 1.24. The first kappa shape index (κ1) is 18.8. The number of anilines is 1. The Kier molecular flexibility index (Phi) is 6.11. The van der Waals surface area contributed by atoms with E-state index < -0.39 is 0 Å². The summed E-state index contributed by atoms with van der Waals surface area (Å²) < 4.78 is 0. The van der Waals surface area contributed by atoms with Crippen LogP contribution in [-0.2, 0) is 13.1 Å². The van der Waals surface area contributed by atoms with Crippen LogP contribution in [0.3, 0.4) is 0 Å². The average Bonchev–Trinajstić information content (AvgIpc) is 3.27. The number of aromatic nitrogens is 1. The molecule has 0 unspecified atom stereocenters. The summed E-state index contributed by atoms with van der Waals surface area (Å²) in [5, 5.41) is 4.64. The molecule has 0 atom stereocenters. The third kappa shape index (κ3) is 5.04. The quantitative estimate of drug-likeness (QED) is 0.695. The molecule has 6 heteroatoms. The van der Waals surface area contributed by atoms with Gasteiger partial charge in [-0.15, -0.1) is 11.3 Å². The van der Waals surface area contributed by atoms with Crippen molar-refractivity contribution in [3.05, 3.63) is 82.3 Å². The minimum absolute atomic E-state index is 0.163. The maximum Gasteiger partial charge on any atom is 0.275 e. The van der Waals surface area contributed by atoms with Crippen molar-refractivity contribution in [3.63, 3.8) is 0 Å². The largest absolute Gasteiger partial charge is 0.321 e. The van der Waals surface area contributed by atoms with Crippen LogP contribution in [0, 0.1) is 0 Å². The van der Waals surface area contributed by atoms with Gasteiger partial charge < -0.3 is 5.32 Å². The minimum Gasteiger partial charge on any atom is -0.321 e. The van der Waals surface area contributed by atoms with Gasteiger partial charge in [-0.3, -0.25) is 14.6 Å². The molecule has 1 aliphatic rings. The van der Waals surface area contributed by atoms with Gasteiger partial charge in [0.1, 0.15) is 5.69 Å². The molecule has 4 rings (SSSR count). The standard InChI is InChI=1S/C22H24N4OS/c27-22(21-16-28-17-23-21)24-20-8-6-19(7-9-20)15-26-12-10-25(11-13-26)14-18-4-2-1-3-5-18/h1-9,16-17H,10-15H2,(H,24,27). The molecule has 0 radical (unpaired) electrons. The molecule has 3 aromatic rings. The predicted octanol–water partition coefficient (Wildman–Crippen LogP) is 3.71. The van der Waals surface area contributed by atoms with Crippen molar-refractivity contribution in [2.24, 2.45) is 0 Å². The summed E-state index contributed by atoms with van der Waals surface area (Å²) >= 11 is 1.42. The van der Waals surface area contributed by atoms with Crippen molar-refractivity contribution < 1.29 is 4.79 Å². The fourth-order valence-corrected chi connectivity index (χ4v) is 3.95. The van der Waals surface area contributed by atoms with Crippen molar-refractivity contribution in [1.29, 1.82) is 0 Å². The van der Waals surface area contributed by atoms with Gasteiger partial charge in [-0.2, -0.15) is 0 Å². The van der Waals surface area contributed by atoms with E-state index in [0.717, 1.165) is 45.0 Å². The van der Waals surface area contributed by atoms with Gasteiger partial charge in [0.05, 0.1) is 5.51 Å². The Bertz CT molecular complexity index is 873. The van der Waals surface area contributed by atoms with E-state index in [0.29, 0.717) is 5.69 Å². The molecule has 2 aromatic carbocycles. The molecule has 1 saturated heterocycles. The Labute approximate surface area is 169 Å². The predicted molar refractivity (Wildman–Crippen MR) is 114 cm³/mol. The Hall–Kier alpha value is -2.54. The van der Waals surface area contributed by atoms with E-state index in [1.165, 1.54) is 22.5 Å². The lowest BCUT2D eigenvalue weighted by Crippen LogP contribution is -2.45. The average molecular weight is 393 g/mol. The number of piperazine rings is 1. The molecule has 0 spiro atoms. The van der Waals surface area contributed by atoms with Crippen LogP contribution in [0.4, 0.5) is 5.69 Å². The Morgan fingerprint density at radius 2 is 1.50 bits per heavy atom. The van der Waals surface area contributed by atoms with E-state index in [9.17, 15) is 4.79 Å². The van der Waals surface area contributed by atoms with E-state index in [-0.39, 0.29) is 5.91 Å². The first-order valence-corrected chi connectivity index (χ1v) is 10.5. The van der Waals surface area contributed by atoms with Gasteiger partial charge in [0.25, 0.3) is 5.91 Å². The number of amides is 1. The molecule has 1 N–H and O–H groups in total. The van der Waals surface area contributed by atoms with Crippen molar-refractivity contribution in [2.75, 3.05) is 31.5 Å².